The lowest BCUT2D eigenvalue weighted by Crippen LogP contribution is -2.25. The zero-order valence-corrected chi connectivity index (χ0v) is 8.98. The summed E-state index contributed by atoms with van der Waals surface area (Å²) in [4.78, 5) is 6.35. The van der Waals surface area contributed by atoms with E-state index in [0.29, 0.717) is 0 Å². The fraction of sp³-hybridized carbons (Fsp3) is 0.500. The van der Waals surface area contributed by atoms with E-state index in [1.807, 2.05) is 19.2 Å². The molecule has 3 heteroatoms. The van der Waals surface area contributed by atoms with Crippen molar-refractivity contribution in [3.63, 3.8) is 0 Å². The van der Waals surface area contributed by atoms with Gasteiger partial charge in [0.2, 0.25) is 0 Å². The lowest BCUT2D eigenvalue weighted by Gasteiger charge is -2.22. The van der Waals surface area contributed by atoms with Crippen LogP contribution < -0.4 is 0 Å². The van der Waals surface area contributed by atoms with Crippen molar-refractivity contribution in [1.29, 1.82) is 5.26 Å². The number of nitriles is 1. The molecular weight excluding hydrogens is 186 g/mol. The number of likely N-dealkylation sites (tertiary alicyclic amines) is 1. The lowest BCUT2D eigenvalue weighted by molar-refractivity contribution is 0.293. The van der Waals surface area contributed by atoms with Gasteiger partial charge in [-0.05, 0) is 44.5 Å². The minimum atomic E-state index is -0.110. The molecule has 1 aromatic rings. The Labute approximate surface area is 90.4 Å². The van der Waals surface area contributed by atoms with Gasteiger partial charge in [0.25, 0.3) is 0 Å². The summed E-state index contributed by atoms with van der Waals surface area (Å²) in [6.07, 6.45) is 6.01. The van der Waals surface area contributed by atoms with Crippen LogP contribution in [-0.4, -0.2) is 23.0 Å². The Bertz CT molecular complexity index is 375. The molecule has 0 amide bonds. The highest BCUT2D eigenvalue weighted by atomic mass is 15.2. The van der Waals surface area contributed by atoms with Crippen molar-refractivity contribution in [3.05, 3.63) is 29.6 Å². The summed E-state index contributed by atoms with van der Waals surface area (Å²) in [6.45, 7) is 4.11. The molecule has 0 N–H and O–H groups in total. The summed E-state index contributed by atoms with van der Waals surface area (Å²) in [5.74, 6) is 0. The standard InChI is InChI=1S/C12H15N3/c1-10-4-5-14-9-11(10)12(8-13)15-6-2-3-7-15/h4-5,9,12H,2-3,6-7H2,1H3. The van der Waals surface area contributed by atoms with Crippen LogP contribution in [0.4, 0.5) is 0 Å². The van der Waals surface area contributed by atoms with Crippen LogP contribution in [0.5, 0.6) is 0 Å². The summed E-state index contributed by atoms with van der Waals surface area (Å²) < 4.78 is 0. The van der Waals surface area contributed by atoms with Gasteiger partial charge in [-0.3, -0.25) is 9.88 Å². The maximum absolute atomic E-state index is 9.24. The van der Waals surface area contributed by atoms with Crippen LogP contribution in [-0.2, 0) is 0 Å². The molecule has 0 spiro atoms. The van der Waals surface area contributed by atoms with Gasteiger partial charge in [0.05, 0.1) is 6.07 Å². The summed E-state index contributed by atoms with van der Waals surface area (Å²) in [7, 11) is 0. The first-order valence-corrected chi connectivity index (χ1v) is 5.37. The Balaban J connectivity index is 2.27. The van der Waals surface area contributed by atoms with E-state index < -0.39 is 0 Å². The van der Waals surface area contributed by atoms with Gasteiger partial charge in [0.1, 0.15) is 6.04 Å². The first-order chi connectivity index (χ1) is 7.33. The molecule has 2 rings (SSSR count). The Morgan fingerprint density at radius 2 is 2.20 bits per heavy atom. The second-order valence-corrected chi connectivity index (χ2v) is 4.01. The Kier molecular flexibility index (Phi) is 2.98. The monoisotopic (exact) mass is 201 g/mol. The highest BCUT2D eigenvalue weighted by molar-refractivity contribution is 5.29. The first kappa shape index (κ1) is 10.1. The minimum absolute atomic E-state index is 0.110. The van der Waals surface area contributed by atoms with E-state index >= 15 is 0 Å². The quantitative estimate of drug-likeness (QED) is 0.735. The molecule has 2 heterocycles. The molecule has 0 bridgehead atoms. The van der Waals surface area contributed by atoms with Crippen molar-refractivity contribution in [2.24, 2.45) is 0 Å². The molecule has 1 atom stereocenters. The molecule has 1 aliphatic heterocycles. The molecule has 1 aromatic heterocycles. The van der Waals surface area contributed by atoms with Crippen molar-refractivity contribution in [3.8, 4) is 6.07 Å². The van der Waals surface area contributed by atoms with E-state index in [1.54, 1.807) is 6.20 Å². The van der Waals surface area contributed by atoms with Crippen LogP contribution in [0, 0.1) is 18.3 Å². The third kappa shape index (κ3) is 2.00. The molecule has 1 unspecified atom stereocenters. The van der Waals surface area contributed by atoms with Gasteiger partial charge in [-0.15, -0.1) is 0 Å². The highest BCUT2D eigenvalue weighted by Crippen LogP contribution is 2.25. The molecule has 15 heavy (non-hydrogen) atoms. The molecule has 1 fully saturated rings. The maximum Gasteiger partial charge on any atom is 0.125 e. The Morgan fingerprint density at radius 1 is 1.47 bits per heavy atom. The Hall–Kier alpha value is -1.40. The fourth-order valence-electron chi connectivity index (χ4n) is 2.11. The first-order valence-electron chi connectivity index (χ1n) is 5.37. The van der Waals surface area contributed by atoms with E-state index in [9.17, 15) is 5.26 Å². The largest absolute Gasteiger partial charge is 0.284 e. The summed E-state index contributed by atoms with van der Waals surface area (Å²) in [5.41, 5.74) is 2.21. The van der Waals surface area contributed by atoms with Crippen molar-refractivity contribution in [2.45, 2.75) is 25.8 Å². The zero-order valence-electron chi connectivity index (χ0n) is 8.98. The maximum atomic E-state index is 9.24. The third-order valence-electron chi connectivity index (χ3n) is 3.00. The van der Waals surface area contributed by atoms with Crippen LogP contribution in [0.1, 0.15) is 30.0 Å². The van der Waals surface area contributed by atoms with E-state index in [0.717, 1.165) is 24.2 Å². The van der Waals surface area contributed by atoms with Gasteiger partial charge in [0.15, 0.2) is 0 Å². The van der Waals surface area contributed by atoms with Crippen LogP contribution in [0.15, 0.2) is 18.5 Å². The van der Waals surface area contributed by atoms with Gasteiger partial charge >= 0.3 is 0 Å². The molecule has 78 valence electrons. The van der Waals surface area contributed by atoms with Gasteiger partial charge in [-0.25, -0.2) is 0 Å². The number of pyridine rings is 1. The summed E-state index contributed by atoms with van der Waals surface area (Å²) in [5, 5.41) is 9.24. The van der Waals surface area contributed by atoms with E-state index in [2.05, 4.69) is 16.0 Å². The van der Waals surface area contributed by atoms with Gasteiger partial charge in [-0.1, -0.05) is 0 Å². The van der Waals surface area contributed by atoms with E-state index in [4.69, 9.17) is 0 Å². The molecule has 1 saturated heterocycles. The van der Waals surface area contributed by atoms with Crippen LogP contribution in [0.2, 0.25) is 0 Å². The highest BCUT2D eigenvalue weighted by Gasteiger charge is 2.24. The van der Waals surface area contributed by atoms with Gasteiger partial charge in [0, 0.05) is 18.0 Å². The predicted molar refractivity (Wildman–Crippen MR) is 58.1 cm³/mol. The van der Waals surface area contributed by atoms with Gasteiger partial charge < -0.3 is 0 Å². The number of rotatable bonds is 2. The SMILES string of the molecule is Cc1ccncc1C(C#N)N1CCCC1. The third-order valence-corrected chi connectivity index (χ3v) is 3.00. The van der Waals surface area contributed by atoms with E-state index in [1.165, 1.54) is 12.8 Å². The zero-order chi connectivity index (χ0) is 10.7. The van der Waals surface area contributed by atoms with Gasteiger partial charge in [-0.2, -0.15) is 5.26 Å². The second kappa shape index (κ2) is 4.41. The molecule has 0 saturated carbocycles. The smallest absolute Gasteiger partial charge is 0.125 e. The molecular formula is C12H15N3. The van der Waals surface area contributed by atoms with Crippen molar-refractivity contribution in [2.75, 3.05) is 13.1 Å². The molecule has 3 nitrogen and oxygen atoms in total. The molecule has 0 aromatic carbocycles. The average molecular weight is 201 g/mol. The molecule has 0 aliphatic carbocycles. The molecule has 1 aliphatic rings. The van der Waals surface area contributed by atoms with Crippen LogP contribution in [0.3, 0.4) is 0 Å². The molecule has 0 radical (unpaired) electrons. The number of aromatic nitrogens is 1. The van der Waals surface area contributed by atoms with Crippen molar-refractivity contribution >= 4 is 0 Å². The summed E-state index contributed by atoms with van der Waals surface area (Å²) >= 11 is 0. The number of aryl methyl sites for hydroxylation is 1. The number of hydrogen-bond donors (Lipinski definition) is 0. The summed E-state index contributed by atoms with van der Waals surface area (Å²) in [6, 6.07) is 4.25. The lowest BCUT2D eigenvalue weighted by atomic mass is 10.0. The fourth-order valence-corrected chi connectivity index (χ4v) is 2.11. The van der Waals surface area contributed by atoms with Crippen LogP contribution >= 0.6 is 0 Å². The number of nitrogens with zero attached hydrogens (tertiary/aromatic N) is 3. The normalized spacial score (nSPS) is 18.7. The van der Waals surface area contributed by atoms with Crippen LogP contribution in [0.25, 0.3) is 0 Å². The topological polar surface area (TPSA) is 39.9 Å². The number of hydrogen-bond acceptors (Lipinski definition) is 3. The Morgan fingerprint density at radius 3 is 2.80 bits per heavy atom. The second-order valence-electron chi connectivity index (χ2n) is 4.01. The van der Waals surface area contributed by atoms with Crippen molar-refractivity contribution < 1.29 is 0 Å². The average Bonchev–Trinajstić information content (AvgIpc) is 2.75. The predicted octanol–water partition coefficient (Wildman–Crippen LogP) is 2.05. The van der Waals surface area contributed by atoms with E-state index in [-0.39, 0.29) is 6.04 Å². The minimum Gasteiger partial charge on any atom is -0.284 e. The van der Waals surface area contributed by atoms with Crippen molar-refractivity contribution in [1.82, 2.24) is 9.88 Å².